The monoisotopic (exact) mass is 451 g/mol. The van der Waals surface area contributed by atoms with Crippen molar-refractivity contribution < 1.29 is 30.4 Å². The van der Waals surface area contributed by atoms with E-state index in [-0.39, 0.29) is 16.9 Å². The predicted molar refractivity (Wildman–Crippen MR) is 95.3 cm³/mol. The van der Waals surface area contributed by atoms with Gasteiger partial charge < -0.3 is 0 Å². The summed E-state index contributed by atoms with van der Waals surface area (Å²) in [6, 6.07) is 11.0. The van der Waals surface area contributed by atoms with Crippen LogP contribution in [0, 0.1) is 0 Å². The molecule has 0 bridgehead atoms. The molecule has 5 nitrogen and oxygen atoms in total. The number of alkyl halides is 5. The van der Waals surface area contributed by atoms with Gasteiger partial charge in [-0.2, -0.15) is 27.1 Å². The summed E-state index contributed by atoms with van der Waals surface area (Å²) in [6.45, 7) is 0. The highest BCUT2D eigenvalue weighted by molar-refractivity contribution is 7.89. The SMILES string of the molecule is NS(=O)(=O)c1ccccc1-n1nc(C(F)(F)C(F)(F)F)cc1-c1ccc(Cl)cc1. The number of nitrogens with two attached hydrogens (primary N) is 1. The third kappa shape index (κ3) is 3.98. The number of nitrogens with zero attached hydrogens (tertiary/aromatic N) is 2. The van der Waals surface area contributed by atoms with Gasteiger partial charge in [-0.05, 0) is 30.3 Å². The Labute approximate surface area is 166 Å². The van der Waals surface area contributed by atoms with E-state index in [0.29, 0.717) is 15.8 Å². The summed E-state index contributed by atoms with van der Waals surface area (Å²) in [4.78, 5) is -0.500. The molecule has 0 saturated carbocycles. The van der Waals surface area contributed by atoms with Crippen molar-refractivity contribution in [2.24, 2.45) is 5.14 Å². The topological polar surface area (TPSA) is 78.0 Å². The molecule has 0 spiro atoms. The van der Waals surface area contributed by atoms with Crippen molar-refractivity contribution in [3.63, 3.8) is 0 Å². The number of hydrogen-bond acceptors (Lipinski definition) is 3. The zero-order valence-corrected chi connectivity index (χ0v) is 15.7. The highest BCUT2D eigenvalue weighted by atomic mass is 35.5. The minimum atomic E-state index is -5.90. The van der Waals surface area contributed by atoms with Gasteiger partial charge in [0.1, 0.15) is 10.6 Å². The molecule has 1 aromatic heterocycles. The summed E-state index contributed by atoms with van der Waals surface area (Å²) in [5.74, 6) is -5.27. The Hall–Kier alpha value is -2.50. The van der Waals surface area contributed by atoms with E-state index in [1.165, 1.54) is 42.5 Å². The maximum absolute atomic E-state index is 13.9. The number of benzene rings is 2. The van der Waals surface area contributed by atoms with Crippen LogP contribution in [0.4, 0.5) is 22.0 Å². The fourth-order valence-electron chi connectivity index (χ4n) is 2.56. The first-order valence-electron chi connectivity index (χ1n) is 7.75. The molecule has 2 N–H and O–H groups in total. The van der Waals surface area contributed by atoms with Gasteiger partial charge in [-0.25, -0.2) is 18.2 Å². The average molecular weight is 452 g/mol. The van der Waals surface area contributed by atoms with E-state index in [1.807, 2.05) is 0 Å². The minimum Gasteiger partial charge on any atom is -0.231 e. The van der Waals surface area contributed by atoms with E-state index in [0.717, 1.165) is 6.07 Å². The second-order valence-electron chi connectivity index (χ2n) is 5.92. The van der Waals surface area contributed by atoms with Crippen LogP contribution in [0.25, 0.3) is 16.9 Å². The molecule has 0 aliphatic rings. The number of aromatic nitrogens is 2. The summed E-state index contributed by atoms with van der Waals surface area (Å²) in [5, 5.41) is 8.83. The van der Waals surface area contributed by atoms with Gasteiger partial charge >= 0.3 is 12.1 Å². The summed E-state index contributed by atoms with van der Waals surface area (Å²) < 4.78 is 90.8. The van der Waals surface area contributed by atoms with Crippen LogP contribution in [0.2, 0.25) is 5.02 Å². The first-order chi connectivity index (χ1) is 13.3. The van der Waals surface area contributed by atoms with Gasteiger partial charge in [0.2, 0.25) is 10.0 Å². The predicted octanol–water partition coefficient (Wildman–Crippen LogP) is 4.49. The van der Waals surface area contributed by atoms with Crippen molar-refractivity contribution in [2.45, 2.75) is 17.0 Å². The molecule has 12 heteroatoms. The summed E-state index contributed by atoms with van der Waals surface area (Å²) in [7, 11) is -4.33. The lowest BCUT2D eigenvalue weighted by molar-refractivity contribution is -0.291. The van der Waals surface area contributed by atoms with Crippen LogP contribution in [-0.4, -0.2) is 24.4 Å². The van der Waals surface area contributed by atoms with Crippen molar-refractivity contribution in [1.29, 1.82) is 0 Å². The number of primary sulfonamides is 1. The number of sulfonamides is 1. The van der Waals surface area contributed by atoms with Crippen molar-refractivity contribution in [1.82, 2.24) is 9.78 Å². The summed E-state index contributed by atoms with van der Waals surface area (Å²) >= 11 is 5.79. The molecule has 154 valence electrons. The number of para-hydroxylation sites is 1. The quantitative estimate of drug-likeness (QED) is 0.593. The number of rotatable bonds is 4. The van der Waals surface area contributed by atoms with Crippen LogP contribution in [0.15, 0.2) is 59.5 Å². The molecule has 0 saturated heterocycles. The maximum atomic E-state index is 13.9. The van der Waals surface area contributed by atoms with Gasteiger partial charge in [-0.1, -0.05) is 35.9 Å². The third-order valence-electron chi connectivity index (χ3n) is 3.93. The molecule has 3 aromatic rings. The molecular formula is C17H11ClF5N3O2S. The second-order valence-corrected chi connectivity index (χ2v) is 7.88. The van der Waals surface area contributed by atoms with Crippen LogP contribution in [0.3, 0.4) is 0 Å². The highest BCUT2D eigenvalue weighted by Gasteiger charge is 2.60. The van der Waals surface area contributed by atoms with E-state index in [4.69, 9.17) is 16.7 Å². The maximum Gasteiger partial charge on any atom is 0.459 e. The van der Waals surface area contributed by atoms with Gasteiger partial charge in [0.15, 0.2) is 0 Å². The molecule has 29 heavy (non-hydrogen) atoms. The lowest BCUT2D eigenvalue weighted by atomic mass is 10.1. The smallest absolute Gasteiger partial charge is 0.231 e. The van der Waals surface area contributed by atoms with Gasteiger partial charge in [0.05, 0.1) is 11.4 Å². The first-order valence-corrected chi connectivity index (χ1v) is 9.68. The van der Waals surface area contributed by atoms with Crippen LogP contribution < -0.4 is 5.14 Å². The van der Waals surface area contributed by atoms with Crippen molar-refractivity contribution in [2.75, 3.05) is 0 Å². The van der Waals surface area contributed by atoms with E-state index in [9.17, 15) is 30.4 Å². The normalized spacial score (nSPS) is 12.9. The fraction of sp³-hybridized carbons (Fsp3) is 0.118. The number of hydrogen-bond donors (Lipinski definition) is 1. The molecule has 0 aliphatic heterocycles. The van der Waals surface area contributed by atoms with E-state index < -0.39 is 32.7 Å². The molecule has 0 atom stereocenters. The standard InChI is InChI=1S/C17H11ClF5N3O2S/c18-11-7-5-10(6-8-11)13-9-15(16(19,20)17(21,22)23)25-26(13)12-3-1-2-4-14(12)29(24,27)28/h1-9H,(H2,24,27,28). The lowest BCUT2D eigenvalue weighted by Crippen LogP contribution is -2.34. The zero-order chi connectivity index (χ0) is 21.6. The zero-order valence-electron chi connectivity index (χ0n) is 14.2. The highest BCUT2D eigenvalue weighted by Crippen LogP contribution is 2.44. The van der Waals surface area contributed by atoms with E-state index in [2.05, 4.69) is 5.10 Å². The number of halogens is 6. The Balaban J connectivity index is 2.34. The Bertz CT molecular complexity index is 1160. The molecule has 3 rings (SSSR count). The van der Waals surface area contributed by atoms with E-state index >= 15 is 0 Å². The Morgan fingerprint density at radius 2 is 1.55 bits per heavy atom. The molecule has 2 aromatic carbocycles. The van der Waals surface area contributed by atoms with Gasteiger partial charge in [0.25, 0.3) is 0 Å². The third-order valence-corrected chi connectivity index (χ3v) is 5.14. The van der Waals surface area contributed by atoms with Gasteiger partial charge in [-0.15, -0.1) is 0 Å². The average Bonchev–Trinajstić information content (AvgIpc) is 3.06. The van der Waals surface area contributed by atoms with Crippen LogP contribution in [-0.2, 0) is 15.9 Å². The lowest BCUT2D eigenvalue weighted by Gasteiger charge is -2.17. The minimum absolute atomic E-state index is 0.176. The molecule has 0 radical (unpaired) electrons. The van der Waals surface area contributed by atoms with Crippen molar-refractivity contribution in [3.8, 4) is 16.9 Å². The van der Waals surface area contributed by atoms with Crippen LogP contribution in [0.1, 0.15) is 5.69 Å². The summed E-state index contributed by atoms with van der Waals surface area (Å²) in [5.41, 5.74) is -1.92. The fourth-order valence-corrected chi connectivity index (χ4v) is 3.40. The van der Waals surface area contributed by atoms with Crippen LogP contribution in [0.5, 0.6) is 0 Å². The van der Waals surface area contributed by atoms with Crippen molar-refractivity contribution in [3.05, 3.63) is 65.3 Å². The molecule has 0 fully saturated rings. The first kappa shape index (κ1) is 21.2. The Kier molecular flexibility index (Phi) is 5.18. The molecule has 0 amide bonds. The molecule has 0 aliphatic carbocycles. The van der Waals surface area contributed by atoms with Crippen LogP contribution >= 0.6 is 11.6 Å². The molecule has 1 heterocycles. The Morgan fingerprint density at radius 1 is 0.966 bits per heavy atom. The van der Waals surface area contributed by atoms with Gasteiger partial charge in [-0.3, -0.25) is 0 Å². The van der Waals surface area contributed by atoms with Crippen molar-refractivity contribution >= 4 is 21.6 Å². The molecular weight excluding hydrogens is 441 g/mol. The second kappa shape index (κ2) is 7.08. The molecule has 0 unspecified atom stereocenters. The Morgan fingerprint density at radius 3 is 2.10 bits per heavy atom. The largest absolute Gasteiger partial charge is 0.459 e. The van der Waals surface area contributed by atoms with Gasteiger partial charge in [0, 0.05) is 10.6 Å². The summed E-state index contributed by atoms with van der Waals surface area (Å²) in [6.07, 6.45) is -5.90. The van der Waals surface area contributed by atoms with E-state index in [1.54, 1.807) is 0 Å².